The summed E-state index contributed by atoms with van der Waals surface area (Å²) in [7, 11) is 4.89. The van der Waals surface area contributed by atoms with Crippen LogP contribution >= 0.6 is 0 Å². The maximum Gasteiger partial charge on any atom is 0.224 e. The summed E-state index contributed by atoms with van der Waals surface area (Å²) in [5, 5.41) is 6.50. The Hall–Kier alpha value is -3.48. The molecular formula is C21H24N4O3. The number of hydrogen-bond acceptors (Lipinski definition) is 7. The highest BCUT2D eigenvalue weighted by atomic mass is 16.5. The Kier molecular flexibility index (Phi) is 6.51. The Morgan fingerprint density at radius 1 is 0.893 bits per heavy atom. The molecule has 0 aliphatic carbocycles. The van der Waals surface area contributed by atoms with Crippen molar-refractivity contribution in [3.63, 3.8) is 0 Å². The first-order valence-corrected chi connectivity index (χ1v) is 8.90. The standard InChI is InChI=1S/C21H24N4O3/c1-26-17-6-4-5-15(13-17)9-11-22-21-23-12-10-20(25-21)24-16-7-8-18(27-2)19(14-16)28-3/h4-8,10,12-14H,9,11H2,1-3H3,(H2,22,23,24,25). The summed E-state index contributed by atoms with van der Waals surface area (Å²) in [5.41, 5.74) is 2.03. The molecule has 3 rings (SSSR count). The molecule has 0 aliphatic rings. The summed E-state index contributed by atoms with van der Waals surface area (Å²) in [4.78, 5) is 8.78. The number of hydrogen-bond donors (Lipinski definition) is 2. The fraction of sp³-hybridized carbons (Fsp3) is 0.238. The highest BCUT2D eigenvalue weighted by Gasteiger charge is 2.06. The van der Waals surface area contributed by atoms with E-state index in [-0.39, 0.29) is 0 Å². The number of methoxy groups -OCH3 is 3. The molecule has 7 nitrogen and oxygen atoms in total. The average Bonchev–Trinajstić information content (AvgIpc) is 2.74. The molecule has 0 bridgehead atoms. The third kappa shape index (κ3) is 5.03. The van der Waals surface area contributed by atoms with E-state index in [0.29, 0.717) is 29.8 Å². The summed E-state index contributed by atoms with van der Waals surface area (Å²) in [6.07, 6.45) is 2.55. The lowest BCUT2D eigenvalue weighted by molar-refractivity contribution is 0.355. The molecule has 7 heteroatoms. The van der Waals surface area contributed by atoms with Gasteiger partial charge in [-0.25, -0.2) is 4.98 Å². The first kappa shape index (κ1) is 19.3. The number of anilines is 3. The van der Waals surface area contributed by atoms with Crippen molar-refractivity contribution in [2.45, 2.75) is 6.42 Å². The number of rotatable bonds is 9. The molecule has 0 unspecified atom stereocenters. The largest absolute Gasteiger partial charge is 0.497 e. The minimum absolute atomic E-state index is 0.563. The number of benzene rings is 2. The van der Waals surface area contributed by atoms with E-state index in [0.717, 1.165) is 17.9 Å². The molecule has 1 heterocycles. The van der Waals surface area contributed by atoms with Gasteiger partial charge in [-0.1, -0.05) is 12.1 Å². The fourth-order valence-corrected chi connectivity index (χ4v) is 2.72. The number of aromatic nitrogens is 2. The van der Waals surface area contributed by atoms with Gasteiger partial charge in [0.05, 0.1) is 21.3 Å². The topological polar surface area (TPSA) is 77.5 Å². The molecule has 2 N–H and O–H groups in total. The molecule has 2 aromatic carbocycles. The van der Waals surface area contributed by atoms with Crippen LogP contribution in [-0.4, -0.2) is 37.8 Å². The first-order valence-electron chi connectivity index (χ1n) is 8.90. The molecule has 0 aliphatic heterocycles. The van der Waals surface area contributed by atoms with Crippen LogP contribution in [0.15, 0.2) is 54.7 Å². The van der Waals surface area contributed by atoms with Crippen molar-refractivity contribution in [3.8, 4) is 17.2 Å². The first-order chi connectivity index (χ1) is 13.7. The molecule has 146 valence electrons. The van der Waals surface area contributed by atoms with Crippen molar-refractivity contribution in [2.75, 3.05) is 38.5 Å². The zero-order valence-electron chi connectivity index (χ0n) is 16.2. The highest BCUT2D eigenvalue weighted by Crippen LogP contribution is 2.30. The van der Waals surface area contributed by atoms with Crippen LogP contribution in [0.4, 0.5) is 17.5 Å². The quantitative estimate of drug-likeness (QED) is 0.583. The van der Waals surface area contributed by atoms with E-state index in [4.69, 9.17) is 14.2 Å². The van der Waals surface area contributed by atoms with Crippen molar-refractivity contribution in [1.29, 1.82) is 0 Å². The van der Waals surface area contributed by atoms with Crippen LogP contribution in [0, 0.1) is 0 Å². The molecule has 0 saturated carbocycles. The van der Waals surface area contributed by atoms with Gasteiger partial charge in [-0.15, -0.1) is 0 Å². The molecule has 28 heavy (non-hydrogen) atoms. The van der Waals surface area contributed by atoms with E-state index >= 15 is 0 Å². The third-order valence-corrected chi connectivity index (χ3v) is 4.14. The molecule has 3 aromatic rings. The van der Waals surface area contributed by atoms with Crippen molar-refractivity contribution < 1.29 is 14.2 Å². The second kappa shape index (κ2) is 9.45. The van der Waals surface area contributed by atoms with Gasteiger partial charge in [-0.3, -0.25) is 0 Å². The second-order valence-corrected chi connectivity index (χ2v) is 5.99. The van der Waals surface area contributed by atoms with Crippen LogP contribution in [0.5, 0.6) is 17.2 Å². The number of nitrogens with one attached hydrogen (secondary N) is 2. The molecule has 0 amide bonds. The van der Waals surface area contributed by atoms with Crippen molar-refractivity contribution in [2.24, 2.45) is 0 Å². The zero-order chi connectivity index (χ0) is 19.8. The average molecular weight is 380 g/mol. The van der Waals surface area contributed by atoms with Crippen molar-refractivity contribution >= 4 is 17.5 Å². The highest BCUT2D eigenvalue weighted by molar-refractivity contribution is 5.61. The van der Waals surface area contributed by atoms with Gasteiger partial charge < -0.3 is 24.8 Å². The monoisotopic (exact) mass is 380 g/mol. The van der Waals surface area contributed by atoms with E-state index in [2.05, 4.69) is 26.7 Å². The minimum Gasteiger partial charge on any atom is -0.497 e. The van der Waals surface area contributed by atoms with Crippen molar-refractivity contribution in [1.82, 2.24) is 9.97 Å². The van der Waals surface area contributed by atoms with Gasteiger partial charge in [0.15, 0.2) is 11.5 Å². The predicted octanol–water partition coefficient (Wildman–Crippen LogP) is 3.90. The smallest absolute Gasteiger partial charge is 0.224 e. The molecule has 0 saturated heterocycles. The fourth-order valence-electron chi connectivity index (χ4n) is 2.72. The Labute approximate surface area is 164 Å². The van der Waals surface area contributed by atoms with Gasteiger partial charge in [-0.2, -0.15) is 4.98 Å². The Bertz CT molecular complexity index is 918. The lowest BCUT2D eigenvalue weighted by Gasteiger charge is -2.11. The summed E-state index contributed by atoms with van der Waals surface area (Å²) < 4.78 is 15.8. The van der Waals surface area contributed by atoms with E-state index in [9.17, 15) is 0 Å². The second-order valence-electron chi connectivity index (χ2n) is 5.99. The van der Waals surface area contributed by atoms with Gasteiger partial charge in [0.2, 0.25) is 5.95 Å². The molecule has 1 aromatic heterocycles. The van der Waals surface area contributed by atoms with Gasteiger partial charge in [0.1, 0.15) is 11.6 Å². The van der Waals surface area contributed by atoms with E-state index in [1.54, 1.807) is 27.5 Å². The van der Waals surface area contributed by atoms with Gasteiger partial charge >= 0.3 is 0 Å². The van der Waals surface area contributed by atoms with E-state index in [1.165, 1.54) is 5.56 Å². The summed E-state index contributed by atoms with van der Waals surface area (Å²) in [6.45, 7) is 0.715. The molecule has 0 fully saturated rings. The lowest BCUT2D eigenvalue weighted by Crippen LogP contribution is -2.08. The Morgan fingerprint density at radius 3 is 2.54 bits per heavy atom. The SMILES string of the molecule is COc1cccc(CCNc2nccc(Nc3ccc(OC)c(OC)c3)n2)c1. The van der Waals surface area contributed by atoms with Crippen LogP contribution in [0.3, 0.4) is 0 Å². The third-order valence-electron chi connectivity index (χ3n) is 4.14. The van der Waals surface area contributed by atoms with E-state index < -0.39 is 0 Å². The van der Waals surface area contributed by atoms with Crippen LogP contribution in [0.25, 0.3) is 0 Å². The lowest BCUT2D eigenvalue weighted by atomic mass is 10.1. The maximum absolute atomic E-state index is 5.33. The maximum atomic E-state index is 5.33. The molecular weight excluding hydrogens is 356 g/mol. The summed E-state index contributed by atoms with van der Waals surface area (Å²) in [5.74, 6) is 3.43. The Morgan fingerprint density at radius 2 is 1.75 bits per heavy atom. The predicted molar refractivity (Wildman–Crippen MR) is 110 cm³/mol. The minimum atomic E-state index is 0.563. The molecule has 0 spiro atoms. The van der Waals surface area contributed by atoms with Crippen molar-refractivity contribution in [3.05, 3.63) is 60.3 Å². The summed E-state index contributed by atoms with van der Waals surface area (Å²) >= 11 is 0. The molecule has 0 radical (unpaired) electrons. The van der Waals surface area contributed by atoms with Gasteiger partial charge in [0, 0.05) is 24.5 Å². The molecule has 0 atom stereocenters. The number of ether oxygens (including phenoxy) is 3. The van der Waals surface area contributed by atoms with Crippen LogP contribution < -0.4 is 24.8 Å². The normalized spacial score (nSPS) is 10.2. The summed E-state index contributed by atoms with van der Waals surface area (Å²) in [6, 6.07) is 15.4. The zero-order valence-corrected chi connectivity index (χ0v) is 16.2. The van der Waals surface area contributed by atoms with Crippen LogP contribution in [-0.2, 0) is 6.42 Å². The Balaban J connectivity index is 1.60. The number of nitrogens with zero attached hydrogens (tertiary/aromatic N) is 2. The van der Waals surface area contributed by atoms with Crippen LogP contribution in [0.2, 0.25) is 0 Å². The van der Waals surface area contributed by atoms with Gasteiger partial charge in [-0.05, 0) is 42.3 Å². The van der Waals surface area contributed by atoms with Gasteiger partial charge in [0.25, 0.3) is 0 Å². The van der Waals surface area contributed by atoms with E-state index in [1.807, 2.05) is 42.5 Å². The van der Waals surface area contributed by atoms with Crippen LogP contribution in [0.1, 0.15) is 5.56 Å².